The maximum atomic E-state index is 11.5. The monoisotopic (exact) mass is 280 g/mol. The number of nitrogens with zero attached hydrogens (tertiary/aromatic N) is 2. The lowest BCUT2D eigenvalue weighted by Gasteiger charge is -2.33. The van der Waals surface area contributed by atoms with E-state index in [9.17, 15) is 9.59 Å². The van der Waals surface area contributed by atoms with Crippen LogP contribution in [0.4, 0.5) is 5.82 Å². The molecule has 1 saturated heterocycles. The first-order valence-corrected chi connectivity index (χ1v) is 6.80. The van der Waals surface area contributed by atoms with Gasteiger partial charge in [-0.25, -0.2) is 4.98 Å². The van der Waals surface area contributed by atoms with Gasteiger partial charge in [-0.1, -0.05) is 0 Å². The van der Waals surface area contributed by atoms with Crippen molar-refractivity contribution in [1.82, 2.24) is 15.3 Å². The first kappa shape index (κ1) is 14.5. The lowest BCUT2D eigenvalue weighted by Crippen LogP contribution is -2.41. The molecule has 1 atom stereocenters. The van der Waals surface area contributed by atoms with Crippen LogP contribution in [0.25, 0.3) is 0 Å². The molecule has 0 spiro atoms. The maximum Gasteiger partial charge on any atom is 0.317 e. The van der Waals surface area contributed by atoms with Gasteiger partial charge in [-0.05, 0) is 25.7 Å². The highest BCUT2D eigenvalue weighted by molar-refractivity contribution is 5.68. The second-order valence-corrected chi connectivity index (χ2v) is 5.17. The highest BCUT2D eigenvalue weighted by atomic mass is 16.4. The van der Waals surface area contributed by atoms with E-state index < -0.39 is 5.97 Å². The molecule has 0 aliphatic carbocycles. The van der Waals surface area contributed by atoms with Gasteiger partial charge < -0.3 is 20.3 Å². The van der Waals surface area contributed by atoms with Gasteiger partial charge in [0.1, 0.15) is 11.6 Å². The zero-order chi connectivity index (χ0) is 14.5. The van der Waals surface area contributed by atoms with Crippen molar-refractivity contribution >= 4 is 11.8 Å². The number of H-pyrrole nitrogens is 1. The summed E-state index contributed by atoms with van der Waals surface area (Å²) in [6, 6.07) is 1.51. The standard InChI is InChI=1S/C13H20N4O3/c1-9-15-11(5-12(18)16-9)17-4-2-3-10(8-17)6-14-7-13(19)20/h5,10,14H,2-4,6-8H2,1H3,(H,19,20)(H,15,16,18). The summed E-state index contributed by atoms with van der Waals surface area (Å²) in [4.78, 5) is 31.1. The molecule has 110 valence electrons. The number of hydrogen-bond acceptors (Lipinski definition) is 5. The highest BCUT2D eigenvalue weighted by Crippen LogP contribution is 2.20. The molecule has 7 nitrogen and oxygen atoms in total. The number of aromatic amines is 1. The fraction of sp³-hybridized carbons (Fsp3) is 0.615. The van der Waals surface area contributed by atoms with E-state index in [-0.39, 0.29) is 12.1 Å². The van der Waals surface area contributed by atoms with Gasteiger partial charge in [-0.2, -0.15) is 0 Å². The molecule has 0 amide bonds. The fourth-order valence-corrected chi connectivity index (χ4v) is 2.55. The first-order chi connectivity index (χ1) is 9.54. The fourth-order valence-electron chi connectivity index (χ4n) is 2.55. The van der Waals surface area contributed by atoms with Gasteiger partial charge in [0.2, 0.25) is 0 Å². The van der Waals surface area contributed by atoms with Gasteiger partial charge in [0.05, 0.1) is 6.54 Å². The average molecular weight is 280 g/mol. The van der Waals surface area contributed by atoms with E-state index in [0.717, 1.165) is 25.9 Å². The molecule has 1 aliphatic rings. The Morgan fingerprint density at radius 2 is 2.45 bits per heavy atom. The molecule has 20 heavy (non-hydrogen) atoms. The molecule has 1 aromatic heterocycles. The Morgan fingerprint density at radius 1 is 1.65 bits per heavy atom. The number of aromatic nitrogens is 2. The largest absolute Gasteiger partial charge is 0.480 e. The number of nitrogens with one attached hydrogen (secondary N) is 2. The Balaban J connectivity index is 1.95. The van der Waals surface area contributed by atoms with E-state index in [2.05, 4.69) is 20.2 Å². The molecule has 7 heteroatoms. The summed E-state index contributed by atoms with van der Waals surface area (Å²) in [6.07, 6.45) is 2.08. The van der Waals surface area contributed by atoms with Crippen LogP contribution in [0.5, 0.6) is 0 Å². The number of aliphatic carboxylic acids is 1. The Morgan fingerprint density at radius 3 is 3.15 bits per heavy atom. The molecule has 0 saturated carbocycles. The lowest BCUT2D eigenvalue weighted by atomic mass is 9.98. The quantitative estimate of drug-likeness (QED) is 0.700. The van der Waals surface area contributed by atoms with Gasteiger partial charge in [-0.3, -0.25) is 9.59 Å². The molecule has 2 heterocycles. The molecule has 1 fully saturated rings. The van der Waals surface area contributed by atoms with Crippen LogP contribution in [-0.4, -0.2) is 47.2 Å². The van der Waals surface area contributed by atoms with Crippen molar-refractivity contribution in [3.63, 3.8) is 0 Å². The van der Waals surface area contributed by atoms with Crippen molar-refractivity contribution in [3.05, 3.63) is 22.2 Å². The van der Waals surface area contributed by atoms with Crippen molar-refractivity contribution in [2.45, 2.75) is 19.8 Å². The number of rotatable bonds is 5. The van der Waals surface area contributed by atoms with E-state index in [1.807, 2.05) is 0 Å². The molecule has 1 unspecified atom stereocenters. The molecular weight excluding hydrogens is 260 g/mol. The Labute approximate surface area is 117 Å². The zero-order valence-electron chi connectivity index (χ0n) is 11.6. The van der Waals surface area contributed by atoms with Crippen LogP contribution in [0.2, 0.25) is 0 Å². The topological polar surface area (TPSA) is 98.3 Å². The summed E-state index contributed by atoms with van der Waals surface area (Å²) >= 11 is 0. The Kier molecular flexibility index (Phi) is 4.73. The third-order valence-electron chi connectivity index (χ3n) is 3.40. The van der Waals surface area contributed by atoms with E-state index in [1.54, 1.807) is 6.92 Å². The third-order valence-corrected chi connectivity index (χ3v) is 3.40. The van der Waals surface area contributed by atoms with Crippen molar-refractivity contribution in [3.8, 4) is 0 Å². The molecule has 0 bridgehead atoms. The van der Waals surface area contributed by atoms with Crippen molar-refractivity contribution in [2.24, 2.45) is 5.92 Å². The molecule has 0 aromatic carbocycles. The van der Waals surface area contributed by atoms with Crippen molar-refractivity contribution < 1.29 is 9.90 Å². The van der Waals surface area contributed by atoms with E-state index in [0.29, 0.717) is 24.1 Å². The average Bonchev–Trinajstić information content (AvgIpc) is 2.37. The van der Waals surface area contributed by atoms with Crippen LogP contribution >= 0.6 is 0 Å². The molecule has 3 N–H and O–H groups in total. The third kappa shape index (κ3) is 4.06. The van der Waals surface area contributed by atoms with Crippen LogP contribution < -0.4 is 15.8 Å². The van der Waals surface area contributed by atoms with E-state index >= 15 is 0 Å². The van der Waals surface area contributed by atoms with Gasteiger partial charge >= 0.3 is 5.97 Å². The number of hydrogen-bond donors (Lipinski definition) is 3. The number of piperidine rings is 1. The predicted molar refractivity (Wildman–Crippen MR) is 75.0 cm³/mol. The molecular formula is C13H20N4O3. The van der Waals surface area contributed by atoms with Gasteiger partial charge in [0.25, 0.3) is 5.56 Å². The van der Waals surface area contributed by atoms with Crippen LogP contribution in [0.15, 0.2) is 10.9 Å². The number of carboxylic acids is 1. The molecule has 2 rings (SSSR count). The summed E-state index contributed by atoms with van der Waals surface area (Å²) in [5.74, 6) is 0.849. The van der Waals surface area contributed by atoms with Crippen molar-refractivity contribution in [1.29, 1.82) is 0 Å². The van der Waals surface area contributed by atoms with Crippen LogP contribution in [-0.2, 0) is 4.79 Å². The number of aryl methyl sites for hydroxylation is 1. The summed E-state index contributed by atoms with van der Waals surface area (Å²) in [5.41, 5.74) is -0.140. The zero-order valence-corrected chi connectivity index (χ0v) is 11.6. The maximum absolute atomic E-state index is 11.5. The molecule has 0 radical (unpaired) electrons. The molecule has 1 aromatic rings. The van der Waals surface area contributed by atoms with Gasteiger partial charge in [0.15, 0.2) is 0 Å². The van der Waals surface area contributed by atoms with Crippen LogP contribution in [0, 0.1) is 12.8 Å². The SMILES string of the molecule is Cc1nc(N2CCCC(CNCC(=O)O)C2)cc(=O)[nH]1. The van der Waals surface area contributed by atoms with Crippen molar-refractivity contribution in [2.75, 3.05) is 31.1 Å². The van der Waals surface area contributed by atoms with E-state index in [1.165, 1.54) is 6.07 Å². The summed E-state index contributed by atoms with van der Waals surface area (Å²) in [5, 5.41) is 11.5. The number of carboxylic acid groups (broad SMARTS) is 1. The van der Waals surface area contributed by atoms with Gasteiger partial charge in [0, 0.05) is 25.7 Å². The predicted octanol–water partition coefficient (Wildman–Crippen LogP) is -0.0311. The van der Waals surface area contributed by atoms with Gasteiger partial charge in [-0.15, -0.1) is 0 Å². The number of anilines is 1. The summed E-state index contributed by atoms with van der Waals surface area (Å²) < 4.78 is 0. The second-order valence-electron chi connectivity index (χ2n) is 5.17. The second kappa shape index (κ2) is 6.51. The normalized spacial score (nSPS) is 19.1. The minimum atomic E-state index is -0.843. The minimum absolute atomic E-state index is 0.0150. The summed E-state index contributed by atoms with van der Waals surface area (Å²) in [6.45, 7) is 4.10. The smallest absolute Gasteiger partial charge is 0.317 e. The highest BCUT2D eigenvalue weighted by Gasteiger charge is 2.21. The van der Waals surface area contributed by atoms with Crippen LogP contribution in [0.3, 0.4) is 0 Å². The lowest BCUT2D eigenvalue weighted by molar-refractivity contribution is -0.136. The Hall–Kier alpha value is -1.89. The summed E-state index contributed by atoms with van der Waals surface area (Å²) in [7, 11) is 0. The Bertz CT molecular complexity index is 529. The van der Waals surface area contributed by atoms with Crippen LogP contribution in [0.1, 0.15) is 18.7 Å². The number of carbonyl (C=O) groups is 1. The minimum Gasteiger partial charge on any atom is -0.480 e. The van der Waals surface area contributed by atoms with E-state index in [4.69, 9.17) is 5.11 Å². The molecule has 1 aliphatic heterocycles. The first-order valence-electron chi connectivity index (χ1n) is 6.80.